The maximum Gasteiger partial charge on any atom is 0.336 e. The zero-order valence-corrected chi connectivity index (χ0v) is 20.9. The number of aryl methyl sites for hydroxylation is 1. The van der Waals surface area contributed by atoms with Gasteiger partial charge in [-0.1, -0.05) is 42.0 Å². The molecule has 0 aromatic heterocycles. The lowest BCUT2D eigenvalue weighted by atomic mass is 9.83. The number of ether oxygens (including phenoxy) is 1. The summed E-state index contributed by atoms with van der Waals surface area (Å²) >= 11 is 0. The van der Waals surface area contributed by atoms with Crippen LogP contribution in [0.3, 0.4) is 0 Å². The zero-order valence-electron chi connectivity index (χ0n) is 20.9. The molecule has 2 amide bonds. The third kappa shape index (κ3) is 5.47. The van der Waals surface area contributed by atoms with Crippen LogP contribution in [0.1, 0.15) is 72.5 Å². The quantitative estimate of drug-likeness (QED) is 0.554. The van der Waals surface area contributed by atoms with Crippen LogP contribution < -0.4 is 0 Å². The highest BCUT2D eigenvalue weighted by molar-refractivity contribution is 5.96. The van der Waals surface area contributed by atoms with Gasteiger partial charge >= 0.3 is 5.97 Å². The third-order valence-electron chi connectivity index (χ3n) is 6.95. The molecule has 1 saturated heterocycles. The van der Waals surface area contributed by atoms with E-state index in [9.17, 15) is 14.4 Å². The van der Waals surface area contributed by atoms with Crippen LogP contribution in [0.15, 0.2) is 59.8 Å². The molecule has 0 bridgehead atoms. The fraction of sp³-hybridized carbons (Fsp3) is 0.414. The lowest BCUT2D eigenvalue weighted by Crippen LogP contribution is -2.38. The predicted octanol–water partition coefficient (Wildman–Crippen LogP) is 4.97. The second-order valence-corrected chi connectivity index (χ2v) is 9.42. The molecule has 35 heavy (non-hydrogen) atoms. The Bertz CT molecular complexity index is 1130. The van der Waals surface area contributed by atoms with Crippen LogP contribution in [0.5, 0.6) is 0 Å². The van der Waals surface area contributed by atoms with Crippen molar-refractivity contribution in [2.24, 2.45) is 0 Å². The van der Waals surface area contributed by atoms with Gasteiger partial charge < -0.3 is 14.5 Å². The molecule has 0 unspecified atom stereocenters. The van der Waals surface area contributed by atoms with Gasteiger partial charge in [-0.15, -0.1) is 0 Å². The number of piperidine rings is 1. The van der Waals surface area contributed by atoms with E-state index < -0.39 is 0 Å². The number of hydrogen-bond donors (Lipinski definition) is 0. The minimum atomic E-state index is -0.378. The van der Waals surface area contributed by atoms with E-state index in [0.717, 1.165) is 42.6 Å². The van der Waals surface area contributed by atoms with Gasteiger partial charge in [0.15, 0.2) is 0 Å². The van der Waals surface area contributed by atoms with Crippen molar-refractivity contribution in [3.63, 3.8) is 0 Å². The van der Waals surface area contributed by atoms with Gasteiger partial charge in [-0.05, 0) is 63.3 Å². The molecule has 0 spiro atoms. The van der Waals surface area contributed by atoms with Gasteiger partial charge in [0.1, 0.15) is 0 Å². The van der Waals surface area contributed by atoms with E-state index in [-0.39, 0.29) is 36.7 Å². The minimum Gasteiger partial charge on any atom is -0.463 e. The van der Waals surface area contributed by atoms with Gasteiger partial charge in [0.05, 0.1) is 18.7 Å². The molecule has 2 aliphatic rings. The summed E-state index contributed by atoms with van der Waals surface area (Å²) < 4.78 is 5.39. The SMILES string of the molecule is CCOC(=O)C1=C(C)N(Cc2ccc(C(=O)N3CCCCC3)cc2)C(=O)C[C@@H]1c1cccc(C)c1. The summed E-state index contributed by atoms with van der Waals surface area (Å²) in [6.45, 7) is 7.84. The van der Waals surface area contributed by atoms with Crippen LogP contribution >= 0.6 is 0 Å². The van der Waals surface area contributed by atoms with Gasteiger partial charge in [0, 0.05) is 36.7 Å². The second kappa shape index (κ2) is 10.9. The Morgan fingerprint density at radius 1 is 1.00 bits per heavy atom. The van der Waals surface area contributed by atoms with Gasteiger partial charge in [0.25, 0.3) is 5.91 Å². The predicted molar refractivity (Wildman–Crippen MR) is 135 cm³/mol. The minimum absolute atomic E-state index is 0.0319. The van der Waals surface area contributed by atoms with Crippen molar-refractivity contribution in [3.8, 4) is 0 Å². The summed E-state index contributed by atoms with van der Waals surface area (Å²) in [5.74, 6) is -0.679. The molecule has 1 fully saturated rings. The molecule has 4 rings (SSSR count). The molecule has 2 aromatic rings. The number of allylic oxidation sites excluding steroid dienone is 1. The molecule has 2 aliphatic heterocycles. The summed E-state index contributed by atoms with van der Waals surface area (Å²) in [7, 11) is 0. The summed E-state index contributed by atoms with van der Waals surface area (Å²) in [5, 5.41) is 0. The number of rotatable bonds is 6. The lowest BCUT2D eigenvalue weighted by Gasteiger charge is -2.34. The first-order valence-electron chi connectivity index (χ1n) is 12.5. The molecule has 2 heterocycles. The van der Waals surface area contributed by atoms with Crippen molar-refractivity contribution in [3.05, 3.63) is 82.1 Å². The fourth-order valence-corrected chi connectivity index (χ4v) is 5.06. The molecule has 0 N–H and O–H groups in total. The highest BCUT2D eigenvalue weighted by Crippen LogP contribution is 2.38. The van der Waals surface area contributed by atoms with Crippen LogP contribution in [0, 0.1) is 6.92 Å². The first-order valence-corrected chi connectivity index (χ1v) is 12.5. The van der Waals surface area contributed by atoms with Crippen molar-refractivity contribution in [1.82, 2.24) is 9.80 Å². The molecule has 184 valence electrons. The number of carbonyl (C=O) groups excluding carboxylic acids is 3. The van der Waals surface area contributed by atoms with Crippen molar-refractivity contribution in [2.75, 3.05) is 19.7 Å². The second-order valence-electron chi connectivity index (χ2n) is 9.42. The number of carbonyl (C=O) groups is 3. The topological polar surface area (TPSA) is 66.9 Å². The van der Waals surface area contributed by atoms with E-state index in [4.69, 9.17) is 4.74 Å². The number of amides is 2. The average molecular weight is 475 g/mol. The van der Waals surface area contributed by atoms with E-state index in [0.29, 0.717) is 23.4 Å². The Balaban J connectivity index is 1.58. The van der Waals surface area contributed by atoms with E-state index in [2.05, 4.69) is 0 Å². The smallest absolute Gasteiger partial charge is 0.336 e. The molecule has 1 atom stereocenters. The summed E-state index contributed by atoms with van der Waals surface area (Å²) in [4.78, 5) is 42.6. The first-order chi connectivity index (χ1) is 16.9. The van der Waals surface area contributed by atoms with Gasteiger partial charge in [-0.25, -0.2) is 4.79 Å². The largest absolute Gasteiger partial charge is 0.463 e. The number of benzene rings is 2. The van der Waals surface area contributed by atoms with Crippen molar-refractivity contribution < 1.29 is 19.1 Å². The Hall–Kier alpha value is -3.41. The van der Waals surface area contributed by atoms with Crippen molar-refractivity contribution in [1.29, 1.82) is 0 Å². The Labute approximate surface area is 207 Å². The summed E-state index contributed by atoms with van der Waals surface area (Å²) in [6.07, 6.45) is 3.50. The maximum absolute atomic E-state index is 13.3. The third-order valence-corrected chi connectivity index (χ3v) is 6.95. The van der Waals surface area contributed by atoms with Crippen LogP contribution in [0.25, 0.3) is 0 Å². The Morgan fingerprint density at radius 3 is 2.37 bits per heavy atom. The maximum atomic E-state index is 13.3. The Kier molecular flexibility index (Phi) is 7.69. The standard InChI is InChI=1S/C29H34N2O4/c1-4-35-29(34)27-21(3)31(26(32)18-25(27)24-10-8-9-20(2)17-24)19-22-11-13-23(14-12-22)28(33)30-15-6-5-7-16-30/h8-14,17,25H,4-7,15-16,18-19H2,1-3H3/t25-/m1/s1. The molecule has 0 radical (unpaired) electrons. The molecular weight excluding hydrogens is 440 g/mol. The molecule has 6 nitrogen and oxygen atoms in total. The average Bonchev–Trinajstić information content (AvgIpc) is 2.86. The van der Waals surface area contributed by atoms with Crippen LogP contribution in [-0.2, 0) is 20.9 Å². The molecule has 0 saturated carbocycles. The van der Waals surface area contributed by atoms with Gasteiger partial charge in [-0.2, -0.15) is 0 Å². The molecule has 6 heteroatoms. The van der Waals surface area contributed by atoms with E-state index >= 15 is 0 Å². The van der Waals surface area contributed by atoms with E-state index in [1.54, 1.807) is 11.8 Å². The number of hydrogen-bond acceptors (Lipinski definition) is 4. The van der Waals surface area contributed by atoms with Gasteiger partial charge in [0.2, 0.25) is 5.91 Å². The monoisotopic (exact) mass is 474 g/mol. The van der Waals surface area contributed by atoms with E-state index in [1.807, 2.05) is 67.3 Å². The molecule has 0 aliphatic carbocycles. The van der Waals surface area contributed by atoms with Crippen LogP contribution in [0.4, 0.5) is 0 Å². The highest BCUT2D eigenvalue weighted by atomic mass is 16.5. The van der Waals surface area contributed by atoms with Crippen LogP contribution in [0.2, 0.25) is 0 Å². The fourth-order valence-electron chi connectivity index (χ4n) is 5.06. The zero-order chi connectivity index (χ0) is 24.9. The summed E-state index contributed by atoms with van der Waals surface area (Å²) in [5.41, 5.74) is 4.76. The normalized spacial score (nSPS) is 18.6. The van der Waals surface area contributed by atoms with Gasteiger partial charge in [-0.3, -0.25) is 9.59 Å². The number of likely N-dealkylation sites (tertiary alicyclic amines) is 1. The number of nitrogens with zero attached hydrogens (tertiary/aromatic N) is 2. The molecular formula is C29H34N2O4. The number of esters is 1. The van der Waals surface area contributed by atoms with Crippen LogP contribution in [-0.4, -0.2) is 47.3 Å². The highest BCUT2D eigenvalue weighted by Gasteiger charge is 2.37. The summed E-state index contributed by atoms with van der Waals surface area (Å²) in [6, 6.07) is 15.4. The first kappa shape index (κ1) is 24.7. The molecule has 2 aromatic carbocycles. The van der Waals surface area contributed by atoms with E-state index in [1.165, 1.54) is 6.42 Å². The lowest BCUT2D eigenvalue weighted by molar-refractivity contribution is -0.140. The Morgan fingerprint density at radius 2 is 1.71 bits per heavy atom. The van der Waals surface area contributed by atoms with Crippen molar-refractivity contribution >= 4 is 17.8 Å². The van der Waals surface area contributed by atoms with Crippen molar-refractivity contribution in [2.45, 2.75) is 58.9 Å².